The Bertz CT molecular complexity index is 376. The molecule has 0 heterocycles. The van der Waals surface area contributed by atoms with Crippen LogP contribution < -0.4 is 5.73 Å². The zero-order chi connectivity index (χ0) is 14.6. The van der Waals surface area contributed by atoms with Gasteiger partial charge in [0.25, 0.3) is 0 Å². The van der Waals surface area contributed by atoms with Crippen LogP contribution in [0.25, 0.3) is 0 Å². The topological polar surface area (TPSA) is 62.9 Å². The fourth-order valence-electron chi connectivity index (χ4n) is 1.46. The molecule has 1 rings (SSSR count). The minimum absolute atomic E-state index is 0.431. The summed E-state index contributed by atoms with van der Waals surface area (Å²) in [6.45, 7) is 3.75. The maximum atomic E-state index is 5.89. The SMILES string of the molecule is COCCOCCOCCOCc1cc(Cl)ccc1N. The van der Waals surface area contributed by atoms with Gasteiger partial charge in [-0.2, -0.15) is 0 Å². The van der Waals surface area contributed by atoms with Crippen molar-refractivity contribution in [1.82, 2.24) is 0 Å². The molecular weight excluding hydrogens is 282 g/mol. The number of nitrogen functional groups attached to an aromatic ring is 1. The van der Waals surface area contributed by atoms with Gasteiger partial charge in [0.05, 0.1) is 46.2 Å². The van der Waals surface area contributed by atoms with Crippen molar-refractivity contribution in [2.75, 3.05) is 52.5 Å². The van der Waals surface area contributed by atoms with Crippen molar-refractivity contribution in [3.8, 4) is 0 Å². The van der Waals surface area contributed by atoms with Gasteiger partial charge in [0.15, 0.2) is 0 Å². The first-order valence-corrected chi connectivity index (χ1v) is 6.88. The fourth-order valence-corrected chi connectivity index (χ4v) is 1.66. The average molecular weight is 304 g/mol. The predicted molar refractivity (Wildman–Crippen MR) is 79.0 cm³/mol. The number of anilines is 1. The first-order valence-electron chi connectivity index (χ1n) is 6.50. The van der Waals surface area contributed by atoms with Crippen LogP contribution in [0.5, 0.6) is 0 Å². The minimum atomic E-state index is 0.431. The normalized spacial score (nSPS) is 10.9. The molecule has 0 radical (unpaired) electrons. The second-order valence-electron chi connectivity index (χ2n) is 4.11. The maximum absolute atomic E-state index is 5.89. The second-order valence-corrected chi connectivity index (χ2v) is 4.55. The summed E-state index contributed by atoms with van der Waals surface area (Å²) in [5, 5.41) is 0.655. The van der Waals surface area contributed by atoms with E-state index < -0.39 is 0 Å². The van der Waals surface area contributed by atoms with Crippen LogP contribution in [0, 0.1) is 0 Å². The molecule has 6 heteroatoms. The van der Waals surface area contributed by atoms with Crippen molar-refractivity contribution in [3.05, 3.63) is 28.8 Å². The summed E-state index contributed by atoms with van der Waals surface area (Å²) in [4.78, 5) is 0. The zero-order valence-electron chi connectivity index (χ0n) is 11.8. The molecule has 2 N–H and O–H groups in total. The standard InChI is InChI=1S/C14H22ClNO4/c1-17-4-5-18-6-7-19-8-9-20-11-12-10-13(15)2-3-14(12)16/h2-3,10H,4-9,11,16H2,1H3. The molecule has 0 aliphatic heterocycles. The lowest BCUT2D eigenvalue weighted by Gasteiger charge is -2.08. The van der Waals surface area contributed by atoms with Gasteiger partial charge in [-0.15, -0.1) is 0 Å². The molecule has 0 amide bonds. The summed E-state index contributed by atoms with van der Waals surface area (Å²) in [6.07, 6.45) is 0. The molecule has 114 valence electrons. The largest absolute Gasteiger partial charge is 0.398 e. The Kier molecular flexibility index (Phi) is 9.36. The van der Waals surface area contributed by atoms with Gasteiger partial charge in [0.2, 0.25) is 0 Å². The van der Waals surface area contributed by atoms with Gasteiger partial charge in [-0.25, -0.2) is 0 Å². The van der Waals surface area contributed by atoms with Crippen molar-refractivity contribution >= 4 is 17.3 Å². The molecule has 0 atom stereocenters. The summed E-state index contributed by atoms with van der Waals surface area (Å²) in [5.41, 5.74) is 7.38. The lowest BCUT2D eigenvalue weighted by Crippen LogP contribution is -2.11. The number of hydrogen-bond acceptors (Lipinski definition) is 5. The molecule has 0 saturated heterocycles. The third-order valence-electron chi connectivity index (χ3n) is 2.54. The van der Waals surface area contributed by atoms with Gasteiger partial charge < -0.3 is 24.7 Å². The number of rotatable bonds is 11. The van der Waals surface area contributed by atoms with Crippen molar-refractivity contribution < 1.29 is 18.9 Å². The highest BCUT2D eigenvalue weighted by molar-refractivity contribution is 6.30. The summed E-state index contributed by atoms with van der Waals surface area (Å²) in [6, 6.07) is 5.34. The number of benzene rings is 1. The Morgan fingerprint density at radius 2 is 1.55 bits per heavy atom. The fraction of sp³-hybridized carbons (Fsp3) is 0.571. The van der Waals surface area contributed by atoms with Gasteiger partial charge in [-0.3, -0.25) is 0 Å². The van der Waals surface area contributed by atoms with E-state index in [1.807, 2.05) is 0 Å². The molecule has 20 heavy (non-hydrogen) atoms. The monoisotopic (exact) mass is 303 g/mol. The van der Waals surface area contributed by atoms with E-state index in [1.54, 1.807) is 25.3 Å². The number of nitrogens with two attached hydrogens (primary N) is 1. The second kappa shape index (κ2) is 10.9. The van der Waals surface area contributed by atoms with Gasteiger partial charge in [0.1, 0.15) is 0 Å². The van der Waals surface area contributed by atoms with Crippen LogP contribution in [0.4, 0.5) is 5.69 Å². The van der Waals surface area contributed by atoms with Crippen LogP contribution in [0.2, 0.25) is 5.02 Å². The Hall–Kier alpha value is -0.850. The molecule has 0 saturated carbocycles. The Balaban J connectivity index is 1.98. The van der Waals surface area contributed by atoms with E-state index in [4.69, 9.17) is 36.3 Å². The van der Waals surface area contributed by atoms with E-state index in [0.29, 0.717) is 57.0 Å². The quantitative estimate of drug-likeness (QED) is 0.501. The maximum Gasteiger partial charge on any atom is 0.0738 e. The predicted octanol–water partition coefficient (Wildman–Crippen LogP) is 2.12. The highest BCUT2D eigenvalue weighted by Crippen LogP contribution is 2.18. The molecule has 0 fully saturated rings. The molecule has 0 aliphatic rings. The molecule has 0 spiro atoms. The van der Waals surface area contributed by atoms with Crippen LogP contribution in [0.1, 0.15) is 5.56 Å². The summed E-state index contributed by atoms with van der Waals surface area (Å²) in [5.74, 6) is 0. The van der Waals surface area contributed by atoms with Crippen LogP contribution in [-0.4, -0.2) is 46.8 Å². The van der Waals surface area contributed by atoms with Gasteiger partial charge in [0, 0.05) is 23.4 Å². The molecule has 5 nitrogen and oxygen atoms in total. The van der Waals surface area contributed by atoms with Gasteiger partial charge >= 0.3 is 0 Å². The van der Waals surface area contributed by atoms with E-state index in [1.165, 1.54) is 0 Å². The first kappa shape index (κ1) is 17.2. The third kappa shape index (κ3) is 7.67. The molecule has 1 aromatic rings. The average Bonchev–Trinajstić information content (AvgIpc) is 2.44. The van der Waals surface area contributed by atoms with Crippen LogP contribution in [0.15, 0.2) is 18.2 Å². The highest BCUT2D eigenvalue weighted by Gasteiger charge is 2.00. The number of methoxy groups -OCH3 is 1. The Labute approximate surface area is 124 Å². The van der Waals surface area contributed by atoms with Gasteiger partial charge in [-0.05, 0) is 18.2 Å². The molecule has 0 aliphatic carbocycles. The molecule has 0 bridgehead atoms. The van der Waals surface area contributed by atoms with Gasteiger partial charge in [-0.1, -0.05) is 11.6 Å². The van der Waals surface area contributed by atoms with Crippen LogP contribution in [-0.2, 0) is 25.6 Å². The van der Waals surface area contributed by atoms with Crippen molar-refractivity contribution in [3.63, 3.8) is 0 Å². The van der Waals surface area contributed by atoms with Crippen molar-refractivity contribution in [1.29, 1.82) is 0 Å². The van der Waals surface area contributed by atoms with Crippen LogP contribution in [0.3, 0.4) is 0 Å². The third-order valence-corrected chi connectivity index (χ3v) is 2.77. The number of halogens is 1. The first-order chi connectivity index (χ1) is 9.74. The van der Waals surface area contributed by atoms with E-state index in [9.17, 15) is 0 Å². The Morgan fingerprint density at radius 3 is 2.20 bits per heavy atom. The van der Waals surface area contributed by atoms with E-state index in [0.717, 1.165) is 5.56 Å². The molecular formula is C14H22ClNO4. The molecule has 1 aromatic carbocycles. The van der Waals surface area contributed by atoms with E-state index in [2.05, 4.69) is 0 Å². The lowest BCUT2D eigenvalue weighted by atomic mass is 10.2. The number of hydrogen-bond donors (Lipinski definition) is 1. The Morgan fingerprint density at radius 1 is 0.950 bits per heavy atom. The van der Waals surface area contributed by atoms with E-state index >= 15 is 0 Å². The summed E-state index contributed by atoms with van der Waals surface area (Å²) in [7, 11) is 1.64. The van der Waals surface area contributed by atoms with Crippen LogP contribution >= 0.6 is 11.6 Å². The van der Waals surface area contributed by atoms with Crippen molar-refractivity contribution in [2.24, 2.45) is 0 Å². The number of ether oxygens (including phenoxy) is 4. The molecule has 0 unspecified atom stereocenters. The molecule has 0 aromatic heterocycles. The zero-order valence-corrected chi connectivity index (χ0v) is 12.5. The summed E-state index contributed by atoms with van der Waals surface area (Å²) < 4.78 is 20.9. The highest BCUT2D eigenvalue weighted by atomic mass is 35.5. The van der Waals surface area contributed by atoms with E-state index in [-0.39, 0.29) is 0 Å². The smallest absolute Gasteiger partial charge is 0.0738 e. The van der Waals surface area contributed by atoms with Crippen molar-refractivity contribution in [2.45, 2.75) is 6.61 Å². The summed E-state index contributed by atoms with van der Waals surface area (Å²) >= 11 is 5.89. The lowest BCUT2D eigenvalue weighted by molar-refractivity contribution is 0.000937. The minimum Gasteiger partial charge on any atom is -0.398 e.